The molecule has 0 aromatic rings. The first-order valence-electron chi connectivity index (χ1n) is 1.99. The Morgan fingerprint density at radius 2 is 2.62 bits per heavy atom. The van der Waals surface area contributed by atoms with E-state index in [0.29, 0.717) is 0 Å². The van der Waals surface area contributed by atoms with Crippen LogP contribution in [-0.2, 0) is 9.53 Å². The third-order valence-electron chi connectivity index (χ3n) is 0.411. The second kappa shape index (κ2) is 4.59. The van der Waals surface area contributed by atoms with Crippen LogP contribution in [0.1, 0.15) is 6.92 Å². The van der Waals surface area contributed by atoms with Gasteiger partial charge in [-0.15, -0.1) is 0 Å². The molecule has 0 aliphatic heterocycles. The van der Waals surface area contributed by atoms with E-state index in [1.165, 1.54) is 6.92 Å². The number of rotatable bonds is 2. The molecule has 3 nitrogen and oxygen atoms in total. The first-order chi connectivity index (χ1) is 3.77. The largest absolute Gasteiger partial charge is 0.443 e. The van der Waals surface area contributed by atoms with Crippen LogP contribution >= 0.6 is 11.6 Å². The lowest BCUT2D eigenvalue weighted by molar-refractivity contribution is -0.140. The minimum Gasteiger partial charge on any atom is -0.443 e. The molecular weight excluding hydrogens is 130 g/mol. The number of esters is 1. The lowest BCUT2D eigenvalue weighted by atomic mass is 10.8. The van der Waals surface area contributed by atoms with Gasteiger partial charge in [-0.1, -0.05) is 11.6 Å². The van der Waals surface area contributed by atoms with Crippen molar-refractivity contribution < 1.29 is 9.53 Å². The summed E-state index contributed by atoms with van der Waals surface area (Å²) >= 11 is 5.00. The lowest BCUT2D eigenvalue weighted by Crippen LogP contribution is -1.97. The van der Waals surface area contributed by atoms with Crippen LogP contribution < -0.4 is 0 Å². The van der Waals surface area contributed by atoms with Crippen molar-refractivity contribution in [3.05, 3.63) is 0 Å². The molecule has 0 atom stereocenters. The zero-order valence-corrected chi connectivity index (χ0v) is 5.18. The summed E-state index contributed by atoms with van der Waals surface area (Å²) in [4.78, 5) is 13.4. The highest BCUT2D eigenvalue weighted by Crippen LogP contribution is 1.76. The monoisotopic (exact) mass is 135 g/mol. The molecule has 0 heterocycles. The zero-order valence-electron chi connectivity index (χ0n) is 4.43. The van der Waals surface area contributed by atoms with Crippen LogP contribution in [-0.4, -0.2) is 18.4 Å². The van der Waals surface area contributed by atoms with Crippen LogP contribution in [0.15, 0.2) is 4.99 Å². The molecule has 0 saturated carbocycles. The second-order valence-electron chi connectivity index (χ2n) is 1.05. The minimum atomic E-state index is -0.354. The second-order valence-corrected chi connectivity index (χ2v) is 1.24. The molecule has 0 aliphatic rings. The highest BCUT2D eigenvalue weighted by molar-refractivity contribution is 6.56. The van der Waals surface area contributed by atoms with Gasteiger partial charge >= 0.3 is 5.97 Å². The lowest BCUT2D eigenvalue weighted by Gasteiger charge is -1.91. The molecule has 0 aromatic heterocycles. The molecule has 0 spiro atoms. The average Bonchev–Trinajstić information content (AvgIpc) is 1.66. The van der Waals surface area contributed by atoms with Crippen molar-refractivity contribution in [2.24, 2.45) is 4.99 Å². The van der Waals surface area contributed by atoms with E-state index in [1.807, 2.05) is 0 Å². The first-order valence-corrected chi connectivity index (χ1v) is 2.43. The van der Waals surface area contributed by atoms with Crippen LogP contribution in [0.2, 0.25) is 0 Å². The molecule has 0 amide bonds. The third-order valence-corrected chi connectivity index (χ3v) is 0.549. The van der Waals surface area contributed by atoms with Gasteiger partial charge in [0.2, 0.25) is 0 Å². The minimum absolute atomic E-state index is 0.0127. The molecule has 8 heavy (non-hydrogen) atoms. The number of halogens is 1. The van der Waals surface area contributed by atoms with Crippen LogP contribution in [0.3, 0.4) is 0 Å². The van der Waals surface area contributed by atoms with Gasteiger partial charge in [-0.3, -0.25) is 4.79 Å². The highest BCUT2D eigenvalue weighted by atomic mass is 35.5. The Morgan fingerprint density at radius 1 is 2.00 bits per heavy atom. The summed E-state index contributed by atoms with van der Waals surface area (Å²) in [5.74, 6) is -0.354. The van der Waals surface area contributed by atoms with Crippen LogP contribution in [0.4, 0.5) is 0 Å². The van der Waals surface area contributed by atoms with Crippen LogP contribution in [0.5, 0.6) is 0 Å². The predicted octanol–water partition coefficient (Wildman–Crippen LogP) is 0.774. The fourth-order valence-corrected chi connectivity index (χ4v) is 0.213. The Morgan fingerprint density at radius 3 is 3.00 bits per heavy atom. The van der Waals surface area contributed by atoms with Crippen LogP contribution in [0, 0.1) is 0 Å². The van der Waals surface area contributed by atoms with E-state index in [-0.39, 0.29) is 12.7 Å². The molecule has 0 radical (unpaired) electrons. The van der Waals surface area contributed by atoms with E-state index < -0.39 is 0 Å². The van der Waals surface area contributed by atoms with E-state index in [1.54, 1.807) is 0 Å². The number of hydrogen-bond acceptors (Lipinski definition) is 3. The number of ether oxygens (including phenoxy) is 1. The maximum Gasteiger partial charge on any atom is 0.304 e. The molecule has 4 heteroatoms. The highest BCUT2D eigenvalue weighted by Gasteiger charge is 1.84. The summed E-state index contributed by atoms with van der Waals surface area (Å²) in [5, 5.41) is 0. The average molecular weight is 136 g/mol. The number of hydrogen-bond donors (Lipinski definition) is 0. The van der Waals surface area contributed by atoms with Gasteiger partial charge in [0.25, 0.3) is 0 Å². The van der Waals surface area contributed by atoms with E-state index in [4.69, 9.17) is 11.6 Å². The zero-order chi connectivity index (χ0) is 6.41. The molecule has 0 aliphatic carbocycles. The van der Waals surface area contributed by atoms with Crippen LogP contribution in [0.25, 0.3) is 0 Å². The predicted molar refractivity (Wildman–Crippen MR) is 31.0 cm³/mol. The SMILES string of the molecule is CC(=O)OCN=CCl. The molecule has 0 rings (SSSR count). The Balaban J connectivity index is 3.05. The first kappa shape index (κ1) is 7.43. The van der Waals surface area contributed by atoms with Crippen molar-refractivity contribution in [2.45, 2.75) is 6.92 Å². The van der Waals surface area contributed by atoms with Gasteiger partial charge in [0.05, 0.1) is 5.67 Å². The van der Waals surface area contributed by atoms with Crippen molar-refractivity contribution in [3.63, 3.8) is 0 Å². The molecule has 0 fully saturated rings. The molecule has 0 aromatic carbocycles. The Hall–Kier alpha value is -0.570. The normalized spacial score (nSPS) is 9.75. The maximum absolute atomic E-state index is 9.98. The van der Waals surface area contributed by atoms with Gasteiger partial charge in [-0.05, 0) is 0 Å². The van der Waals surface area contributed by atoms with E-state index in [0.717, 1.165) is 5.67 Å². The van der Waals surface area contributed by atoms with Crippen molar-refractivity contribution in [2.75, 3.05) is 6.73 Å². The molecule has 0 bridgehead atoms. The summed E-state index contributed by atoms with van der Waals surface area (Å²) in [7, 11) is 0. The summed E-state index contributed by atoms with van der Waals surface area (Å²) in [6.07, 6.45) is 0. The summed E-state index contributed by atoms with van der Waals surface area (Å²) < 4.78 is 4.36. The van der Waals surface area contributed by atoms with Gasteiger partial charge in [0, 0.05) is 6.92 Å². The number of aliphatic imine (C=N–C) groups is 1. The van der Waals surface area contributed by atoms with E-state index in [9.17, 15) is 4.79 Å². The summed E-state index contributed by atoms with van der Waals surface area (Å²) in [6.45, 7) is 1.32. The molecule has 0 saturated heterocycles. The quantitative estimate of drug-likeness (QED) is 0.415. The summed E-state index contributed by atoms with van der Waals surface area (Å²) in [5.41, 5.74) is 1.06. The van der Waals surface area contributed by atoms with Crippen molar-refractivity contribution in [1.29, 1.82) is 0 Å². The topological polar surface area (TPSA) is 38.7 Å². The number of nitrogens with zero attached hydrogens (tertiary/aromatic N) is 1. The fraction of sp³-hybridized carbons (Fsp3) is 0.500. The number of carbonyl (C=O) groups is 1. The van der Waals surface area contributed by atoms with Crippen molar-refractivity contribution in [3.8, 4) is 0 Å². The Kier molecular flexibility index (Phi) is 4.26. The molecule has 46 valence electrons. The molecular formula is C4H6ClNO2. The summed E-state index contributed by atoms with van der Waals surface area (Å²) in [6, 6.07) is 0. The molecule has 0 N–H and O–H groups in total. The number of carbonyl (C=O) groups excluding carboxylic acids is 1. The van der Waals surface area contributed by atoms with Crippen molar-refractivity contribution in [1.82, 2.24) is 0 Å². The maximum atomic E-state index is 9.98. The van der Waals surface area contributed by atoms with Gasteiger partial charge in [0.1, 0.15) is 0 Å². The molecule has 0 unspecified atom stereocenters. The van der Waals surface area contributed by atoms with Crippen molar-refractivity contribution >= 4 is 23.2 Å². The van der Waals surface area contributed by atoms with Gasteiger partial charge in [-0.2, -0.15) is 0 Å². The third kappa shape index (κ3) is 5.43. The standard InChI is InChI=1S/C4H6ClNO2/c1-4(7)8-3-6-2-5/h2H,3H2,1H3. The Bertz CT molecular complexity index is 102. The van der Waals surface area contributed by atoms with E-state index in [2.05, 4.69) is 9.73 Å². The van der Waals surface area contributed by atoms with E-state index >= 15 is 0 Å². The smallest absolute Gasteiger partial charge is 0.304 e. The van der Waals surface area contributed by atoms with Gasteiger partial charge in [-0.25, -0.2) is 4.99 Å². The van der Waals surface area contributed by atoms with Gasteiger partial charge in [0.15, 0.2) is 6.73 Å². The Labute approximate surface area is 52.3 Å². The van der Waals surface area contributed by atoms with Gasteiger partial charge < -0.3 is 4.74 Å². The fourth-order valence-electron chi connectivity index (χ4n) is 0.156.